The predicted molar refractivity (Wildman–Crippen MR) is 51.5 cm³/mol. The smallest absolute Gasteiger partial charge is 0.482 e. The van der Waals surface area contributed by atoms with Gasteiger partial charge in [-0.05, 0) is 17.0 Å². The van der Waals surface area contributed by atoms with Gasteiger partial charge in [0, 0.05) is 0 Å². The Kier molecular flexibility index (Phi) is 2.82. The first-order valence-corrected chi connectivity index (χ1v) is 4.49. The number of para-hydroxylation sites is 1. The van der Waals surface area contributed by atoms with Crippen molar-refractivity contribution in [3.8, 4) is 5.75 Å². The van der Waals surface area contributed by atoms with Crippen LogP contribution in [0.15, 0.2) is 24.3 Å². The lowest BCUT2D eigenvalue weighted by molar-refractivity contribution is 0.536. The zero-order valence-corrected chi connectivity index (χ0v) is 8.95. The Morgan fingerprint density at radius 3 is 2.17 bits per heavy atom. The Bertz CT molecular complexity index is 263. The van der Waals surface area contributed by atoms with Crippen LogP contribution in [0.3, 0.4) is 0 Å². The van der Waals surface area contributed by atoms with E-state index in [-0.39, 0.29) is 5.41 Å². The van der Waals surface area contributed by atoms with Crippen molar-refractivity contribution < 1.29 is 3.79 Å². The van der Waals surface area contributed by atoms with Crippen molar-refractivity contribution >= 4 is 16.6 Å². The predicted octanol–water partition coefficient (Wildman–Crippen LogP) is 2.45. The van der Waals surface area contributed by atoms with Crippen LogP contribution in [0.5, 0.6) is 5.75 Å². The highest BCUT2D eigenvalue weighted by Gasteiger charge is 2.16. The molecule has 0 heterocycles. The molecule has 62 valence electrons. The van der Waals surface area contributed by atoms with E-state index in [0.717, 1.165) is 5.75 Å². The summed E-state index contributed by atoms with van der Waals surface area (Å²) in [5, 5.41) is 0. The maximum atomic E-state index is 5.19. The Hall–Kier alpha value is -0.448. The summed E-state index contributed by atoms with van der Waals surface area (Å²) in [5.41, 5.74) is 1.38. The van der Waals surface area contributed by atoms with E-state index in [4.69, 9.17) is 3.79 Å². The van der Waals surface area contributed by atoms with E-state index in [1.165, 1.54) is 5.56 Å². The normalized spacial score (nSPS) is 11.2. The third kappa shape index (κ3) is 2.03. The van der Waals surface area contributed by atoms with Crippen molar-refractivity contribution in [1.29, 1.82) is 0 Å². The van der Waals surface area contributed by atoms with E-state index in [9.17, 15) is 0 Å². The third-order valence-corrected chi connectivity index (χ3v) is 2.08. The Morgan fingerprint density at radius 1 is 1.17 bits per heavy atom. The maximum absolute atomic E-state index is 5.19. The average molecular weight is 176 g/mol. The minimum absolute atomic E-state index is 0.146. The van der Waals surface area contributed by atoms with E-state index in [0.29, 0.717) is 0 Å². The second-order valence-electron chi connectivity index (χ2n) is 3.86. The molecule has 0 amide bonds. The van der Waals surface area contributed by atoms with Gasteiger partial charge in [-0.2, -0.15) is 0 Å². The quantitative estimate of drug-likeness (QED) is 0.597. The van der Waals surface area contributed by atoms with Crippen LogP contribution in [0.1, 0.15) is 26.3 Å². The van der Waals surface area contributed by atoms with Crippen LogP contribution in [0, 0.1) is 0 Å². The fraction of sp³-hybridized carbons (Fsp3) is 0.400. The average Bonchev–Trinajstić information content (AvgIpc) is 2.03. The molecule has 1 nitrogen and oxygen atoms in total. The number of benzene rings is 1. The fourth-order valence-electron chi connectivity index (χ4n) is 1.19. The summed E-state index contributed by atoms with van der Waals surface area (Å²) < 4.78 is 5.19. The molecule has 0 spiro atoms. The van der Waals surface area contributed by atoms with E-state index < -0.39 is 0 Å². The molecule has 2 radical (unpaired) electrons. The summed E-state index contributed by atoms with van der Waals surface area (Å²) in [7, 11) is 0. The van der Waals surface area contributed by atoms with Crippen LogP contribution in [0.4, 0.5) is 0 Å². The zero-order valence-electron chi connectivity index (χ0n) is 7.79. The first kappa shape index (κ1) is 9.64. The third-order valence-electron chi connectivity index (χ3n) is 1.82. The van der Waals surface area contributed by atoms with E-state index in [1.54, 1.807) is 0 Å². The van der Waals surface area contributed by atoms with Gasteiger partial charge in [0.1, 0.15) is 0 Å². The molecule has 12 heavy (non-hydrogen) atoms. The van der Waals surface area contributed by atoms with Crippen molar-refractivity contribution in [2.45, 2.75) is 26.2 Å². The first-order chi connectivity index (χ1) is 5.55. The number of hydrogen-bond acceptors (Lipinski definition) is 1. The Morgan fingerprint density at radius 2 is 1.75 bits per heavy atom. The molecule has 1 aromatic carbocycles. The van der Waals surface area contributed by atoms with Gasteiger partial charge in [-0.15, -0.1) is 0 Å². The van der Waals surface area contributed by atoms with Crippen LogP contribution in [-0.2, 0) is 5.41 Å². The summed E-state index contributed by atoms with van der Waals surface area (Å²) in [5.74, 6) is 0.940. The van der Waals surface area contributed by atoms with Crippen LogP contribution < -0.4 is 3.79 Å². The molecule has 0 N–H and O–H groups in total. The largest absolute Gasteiger partial charge is 0.653 e. The van der Waals surface area contributed by atoms with Crippen LogP contribution in [-0.4, -0.2) is 16.6 Å². The lowest BCUT2D eigenvalue weighted by Gasteiger charge is -2.22. The van der Waals surface area contributed by atoms with Crippen molar-refractivity contribution in [3.63, 3.8) is 0 Å². The molecule has 0 unspecified atom stereocenters. The molecule has 0 aliphatic heterocycles. The monoisotopic (exact) mass is 176 g/mol. The lowest BCUT2D eigenvalue weighted by Crippen LogP contribution is -2.12. The van der Waals surface area contributed by atoms with Gasteiger partial charge in [0.05, 0.1) is 5.75 Å². The topological polar surface area (TPSA) is 9.23 Å². The molecule has 0 aliphatic carbocycles. The molecule has 0 fully saturated rings. The van der Waals surface area contributed by atoms with Gasteiger partial charge < -0.3 is 3.79 Å². The van der Waals surface area contributed by atoms with Gasteiger partial charge in [0.15, 0.2) is 0 Å². The molecule has 1 rings (SSSR count). The van der Waals surface area contributed by atoms with Gasteiger partial charge >= 0.3 is 16.6 Å². The number of hydrogen-bond donors (Lipinski definition) is 0. The molecule has 0 aliphatic rings. The summed E-state index contributed by atoms with van der Waals surface area (Å²) in [6.07, 6.45) is 0. The van der Waals surface area contributed by atoms with Gasteiger partial charge in [-0.25, -0.2) is 0 Å². The van der Waals surface area contributed by atoms with E-state index in [2.05, 4.69) is 43.5 Å². The van der Waals surface area contributed by atoms with Crippen LogP contribution >= 0.6 is 0 Å². The van der Waals surface area contributed by atoms with Crippen molar-refractivity contribution in [3.05, 3.63) is 29.8 Å². The standard InChI is InChI=1S/C10H14O.Al/c1-10(2,3)8-6-4-5-7-9(8)11;/h4-7,11H,1-3H3;/q;+1/p-1. The molecular weight excluding hydrogens is 163 g/mol. The molecule has 0 aromatic heterocycles. The van der Waals surface area contributed by atoms with Crippen molar-refractivity contribution in [1.82, 2.24) is 0 Å². The molecular formula is C10H13AlO. The minimum atomic E-state index is 0.146. The molecule has 0 bridgehead atoms. The highest BCUT2D eigenvalue weighted by atomic mass is 27.1. The zero-order chi connectivity index (χ0) is 9.19. The maximum Gasteiger partial charge on any atom is 0.482 e. The van der Waals surface area contributed by atoms with Crippen LogP contribution in [0.25, 0.3) is 0 Å². The minimum Gasteiger partial charge on any atom is -0.653 e. The second kappa shape index (κ2) is 3.51. The lowest BCUT2D eigenvalue weighted by atomic mass is 9.86. The van der Waals surface area contributed by atoms with Gasteiger partial charge in [0.25, 0.3) is 0 Å². The number of rotatable bonds is 1. The second-order valence-corrected chi connectivity index (χ2v) is 4.10. The Balaban J connectivity index is 3.14. The van der Waals surface area contributed by atoms with Crippen molar-refractivity contribution in [2.75, 3.05) is 0 Å². The van der Waals surface area contributed by atoms with Gasteiger partial charge in [-0.1, -0.05) is 39.0 Å². The first-order valence-electron chi connectivity index (χ1n) is 4.02. The molecule has 0 saturated carbocycles. The molecule has 2 heteroatoms. The van der Waals surface area contributed by atoms with Crippen molar-refractivity contribution in [2.24, 2.45) is 0 Å². The molecule has 0 atom stereocenters. The van der Waals surface area contributed by atoms with Gasteiger partial charge in [0.2, 0.25) is 0 Å². The summed E-state index contributed by atoms with van der Waals surface area (Å²) >= 11 is 2.29. The molecule has 0 saturated heterocycles. The van der Waals surface area contributed by atoms with Gasteiger partial charge in [-0.3, -0.25) is 0 Å². The summed E-state index contributed by atoms with van der Waals surface area (Å²) in [6.45, 7) is 6.53. The highest BCUT2D eigenvalue weighted by molar-refractivity contribution is 6.00. The highest BCUT2D eigenvalue weighted by Crippen LogP contribution is 2.30. The molecule has 1 aromatic rings. The summed E-state index contributed by atoms with van der Waals surface area (Å²) in [4.78, 5) is 0. The van der Waals surface area contributed by atoms with E-state index in [1.807, 2.05) is 18.2 Å². The Labute approximate surface area is 82.5 Å². The summed E-state index contributed by atoms with van der Waals surface area (Å²) in [6, 6.07) is 8.09. The van der Waals surface area contributed by atoms with E-state index >= 15 is 0 Å². The fourth-order valence-corrected chi connectivity index (χ4v) is 1.39. The SMILES string of the molecule is CC(C)(C)c1ccccc1[O][Al]. The van der Waals surface area contributed by atoms with Crippen LogP contribution in [0.2, 0.25) is 0 Å².